The lowest BCUT2D eigenvalue weighted by molar-refractivity contribution is 0.0705. The molecule has 2 amide bonds. The van der Waals surface area contributed by atoms with Crippen molar-refractivity contribution in [2.45, 2.75) is 40.3 Å². The molecular formula is C23H31N3O4. The molecule has 7 heteroatoms. The predicted octanol–water partition coefficient (Wildman–Crippen LogP) is 2.45. The van der Waals surface area contributed by atoms with Crippen molar-refractivity contribution in [3.8, 4) is 0 Å². The Kier molecular flexibility index (Phi) is 8.35. The number of amides is 2. The van der Waals surface area contributed by atoms with Crippen molar-refractivity contribution in [1.82, 2.24) is 14.8 Å². The zero-order valence-corrected chi connectivity index (χ0v) is 18.1. The summed E-state index contributed by atoms with van der Waals surface area (Å²) in [5.41, 5.74) is 0.146. The van der Waals surface area contributed by atoms with E-state index in [0.717, 1.165) is 5.56 Å². The maximum absolute atomic E-state index is 13.2. The number of rotatable bonds is 9. The third-order valence-electron chi connectivity index (χ3n) is 4.66. The molecule has 30 heavy (non-hydrogen) atoms. The van der Waals surface area contributed by atoms with Crippen LogP contribution in [0.25, 0.3) is 0 Å². The van der Waals surface area contributed by atoms with Gasteiger partial charge in [0.1, 0.15) is 11.1 Å². The number of hydrogen-bond donors (Lipinski definition) is 2. The van der Waals surface area contributed by atoms with Crippen LogP contribution in [0.15, 0.2) is 47.5 Å². The molecule has 1 heterocycles. The van der Waals surface area contributed by atoms with Crippen molar-refractivity contribution >= 4 is 11.8 Å². The van der Waals surface area contributed by atoms with E-state index in [1.807, 2.05) is 58.0 Å². The van der Waals surface area contributed by atoms with Gasteiger partial charge in [-0.2, -0.15) is 0 Å². The van der Waals surface area contributed by atoms with Crippen molar-refractivity contribution in [2.75, 3.05) is 19.7 Å². The number of nitrogens with zero attached hydrogens (tertiary/aromatic N) is 2. The summed E-state index contributed by atoms with van der Waals surface area (Å²) >= 11 is 0. The summed E-state index contributed by atoms with van der Waals surface area (Å²) in [5.74, 6) is -0.766. The maximum Gasteiger partial charge on any atom is 0.259 e. The van der Waals surface area contributed by atoms with Gasteiger partial charge < -0.3 is 19.9 Å². The minimum atomic E-state index is -0.603. The summed E-state index contributed by atoms with van der Waals surface area (Å²) in [6.07, 6.45) is 2.98. The van der Waals surface area contributed by atoms with Gasteiger partial charge in [-0.05, 0) is 25.3 Å². The van der Waals surface area contributed by atoms with E-state index in [4.69, 9.17) is 0 Å². The van der Waals surface area contributed by atoms with Crippen LogP contribution in [0.5, 0.6) is 0 Å². The quantitative estimate of drug-likeness (QED) is 0.661. The molecule has 0 unspecified atom stereocenters. The van der Waals surface area contributed by atoms with Gasteiger partial charge in [-0.15, -0.1) is 0 Å². The Hall–Kier alpha value is -2.93. The highest BCUT2D eigenvalue weighted by molar-refractivity contribution is 5.99. The Morgan fingerprint density at radius 3 is 2.27 bits per heavy atom. The standard InChI is InChI=1S/C23H31N3O4/c1-16(2)12-24-22(29)19-14-26(17(3)4)15-20(21(19)28)23(30)25(10-11-27)13-18-8-6-5-7-9-18/h5-9,14-17,27H,10-13H2,1-4H3,(H,24,29). The highest BCUT2D eigenvalue weighted by atomic mass is 16.3. The predicted molar refractivity (Wildman–Crippen MR) is 117 cm³/mol. The van der Waals surface area contributed by atoms with Crippen molar-refractivity contribution < 1.29 is 14.7 Å². The van der Waals surface area contributed by atoms with E-state index in [1.54, 1.807) is 4.57 Å². The van der Waals surface area contributed by atoms with Gasteiger partial charge in [-0.3, -0.25) is 14.4 Å². The number of carbonyl (C=O) groups is 2. The minimum Gasteiger partial charge on any atom is -0.395 e. The Morgan fingerprint density at radius 2 is 1.70 bits per heavy atom. The first-order chi connectivity index (χ1) is 14.2. The highest BCUT2D eigenvalue weighted by Crippen LogP contribution is 2.12. The maximum atomic E-state index is 13.2. The zero-order valence-electron chi connectivity index (χ0n) is 18.1. The van der Waals surface area contributed by atoms with Gasteiger partial charge in [0, 0.05) is 38.1 Å². The first kappa shape index (κ1) is 23.3. The molecule has 0 saturated carbocycles. The van der Waals surface area contributed by atoms with E-state index in [9.17, 15) is 19.5 Å². The Bertz CT molecular complexity index is 920. The largest absolute Gasteiger partial charge is 0.395 e. The Balaban J connectivity index is 2.45. The molecule has 0 radical (unpaired) electrons. The molecule has 0 aliphatic carbocycles. The second kappa shape index (κ2) is 10.7. The van der Waals surface area contributed by atoms with Crippen LogP contribution in [0.1, 0.15) is 60.0 Å². The van der Waals surface area contributed by atoms with Crippen LogP contribution in [0.3, 0.4) is 0 Å². The molecule has 7 nitrogen and oxygen atoms in total. The van der Waals surface area contributed by atoms with Crippen molar-refractivity contribution in [1.29, 1.82) is 0 Å². The van der Waals surface area contributed by atoms with Crippen LogP contribution < -0.4 is 10.7 Å². The van der Waals surface area contributed by atoms with Gasteiger partial charge in [0.25, 0.3) is 11.8 Å². The third-order valence-corrected chi connectivity index (χ3v) is 4.66. The monoisotopic (exact) mass is 413 g/mol. The van der Waals surface area contributed by atoms with E-state index < -0.39 is 17.2 Å². The number of hydrogen-bond acceptors (Lipinski definition) is 4. The number of aliphatic hydroxyl groups excluding tert-OH is 1. The fourth-order valence-corrected chi connectivity index (χ4v) is 2.95. The van der Waals surface area contributed by atoms with Crippen LogP contribution in [-0.4, -0.2) is 46.1 Å². The smallest absolute Gasteiger partial charge is 0.259 e. The normalized spacial score (nSPS) is 11.0. The number of benzene rings is 1. The summed E-state index contributed by atoms with van der Waals surface area (Å²) in [4.78, 5) is 40.3. The lowest BCUT2D eigenvalue weighted by Crippen LogP contribution is -2.39. The van der Waals surface area contributed by atoms with E-state index in [1.165, 1.54) is 17.3 Å². The van der Waals surface area contributed by atoms with Gasteiger partial charge in [-0.25, -0.2) is 0 Å². The molecule has 0 fully saturated rings. The van der Waals surface area contributed by atoms with Gasteiger partial charge in [-0.1, -0.05) is 44.2 Å². The van der Waals surface area contributed by atoms with Gasteiger partial charge in [0.2, 0.25) is 5.43 Å². The lowest BCUT2D eigenvalue weighted by Gasteiger charge is -2.23. The number of nitrogens with one attached hydrogen (secondary N) is 1. The molecule has 0 aliphatic heterocycles. The number of aliphatic hydroxyl groups is 1. The number of pyridine rings is 1. The summed E-state index contributed by atoms with van der Waals surface area (Å²) in [6, 6.07) is 9.31. The molecule has 2 N–H and O–H groups in total. The molecular weight excluding hydrogens is 382 g/mol. The molecule has 1 aromatic heterocycles. The SMILES string of the molecule is CC(C)CNC(=O)c1cn(C(C)C)cc(C(=O)N(CCO)Cc2ccccc2)c1=O. The summed E-state index contributed by atoms with van der Waals surface area (Å²) in [6.45, 7) is 8.28. The summed E-state index contributed by atoms with van der Waals surface area (Å²) in [7, 11) is 0. The van der Waals surface area contributed by atoms with Crippen LogP contribution in [-0.2, 0) is 6.54 Å². The second-order valence-electron chi connectivity index (χ2n) is 8.00. The van der Waals surface area contributed by atoms with E-state index in [-0.39, 0.29) is 42.8 Å². The highest BCUT2D eigenvalue weighted by Gasteiger charge is 2.24. The second-order valence-corrected chi connectivity index (χ2v) is 8.00. The first-order valence-corrected chi connectivity index (χ1v) is 10.2. The van der Waals surface area contributed by atoms with Gasteiger partial charge in [0.15, 0.2) is 0 Å². The van der Waals surface area contributed by atoms with Crippen molar-refractivity contribution in [2.24, 2.45) is 5.92 Å². The van der Waals surface area contributed by atoms with Gasteiger partial charge >= 0.3 is 0 Å². The number of carbonyl (C=O) groups excluding carboxylic acids is 2. The molecule has 2 aromatic rings. The van der Waals surface area contributed by atoms with Crippen molar-refractivity contribution in [3.05, 3.63) is 69.6 Å². The van der Waals surface area contributed by atoms with Gasteiger partial charge in [0.05, 0.1) is 6.61 Å². The average molecular weight is 414 g/mol. The van der Waals surface area contributed by atoms with E-state index >= 15 is 0 Å². The molecule has 1 aromatic carbocycles. The Labute approximate surface area is 177 Å². The van der Waals surface area contributed by atoms with Crippen molar-refractivity contribution in [3.63, 3.8) is 0 Å². The first-order valence-electron chi connectivity index (χ1n) is 10.2. The fraction of sp³-hybridized carbons (Fsp3) is 0.435. The van der Waals surface area contributed by atoms with E-state index in [2.05, 4.69) is 5.32 Å². The topological polar surface area (TPSA) is 91.6 Å². The summed E-state index contributed by atoms with van der Waals surface area (Å²) in [5, 5.41) is 12.2. The minimum absolute atomic E-state index is 0.0470. The van der Waals surface area contributed by atoms with E-state index in [0.29, 0.717) is 6.54 Å². The Morgan fingerprint density at radius 1 is 1.07 bits per heavy atom. The third kappa shape index (κ3) is 6.03. The fourth-order valence-electron chi connectivity index (χ4n) is 2.95. The van der Waals surface area contributed by atoms with Crippen LogP contribution in [0.2, 0.25) is 0 Å². The molecule has 0 bridgehead atoms. The average Bonchev–Trinajstić information content (AvgIpc) is 2.72. The van der Waals surface area contributed by atoms with Crippen LogP contribution in [0.4, 0.5) is 0 Å². The zero-order chi connectivity index (χ0) is 22.3. The van der Waals surface area contributed by atoms with Crippen LogP contribution in [0, 0.1) is 5.92 Å². The number of aromatic nitrogens is 1. The lowest BCUT2D eigenvalue weighted by atomic mass is 10.1. The molecule has 0 saturated heterocycles. The molecule has 162 valence electrons. The molecule has 2 rings (SSSR count). The molecule has 0 aliphatic rings. The molecule has 0 spiro atoms. The molecule has 0 atom stereocenters. The summed E-state index contributed by atoms with van der Waals surface area (Å²) < 4.78 is 1.69. The van der Waals surface area contributed by atoms with Crippen LogP contribution >= 0.6 is 0 Å².